The van der Waals surface area contributed by atoms with E-state index in [-0.39, 0.29) is 5.91 Å². The van der Waals surface area contributed by atoms with Gasteiger partial charge in [-0.15, -0.1) is 0 Å². The number of rotatable bonds is 3. The molecule has 1 aliphatic heterocycles. The van der Waals surface area contributed by atoms with Gasteiger partial charge in [0.1, 0.15) is 0 Å². The second-order valence-electron chi connectivity index (χ2n) is 5.94. The monoisotopic (exact) mass is 288 g/mol. The molecule has 1 aromatic rings. The molecule has 21 heavy (non-hydrogen) atoms. The lowest BCUT2D eigenvalue weighted by atomic mass is 9.79. The molecule has 0 aromatic heterocycles. The molecule has 1 heterocycles. The molecule has 3 rings (SSSR count). The maximum Gasteiger partial charge on any atom is 0.314 e. The van der Waals surface area contributed by atoms with Crippen LogP contribution in [0.4, 0.5) is 5.69 Å². The predicted molar refractivity (Wildman–Crippen MR) is 79.0 cm³/mol. The maximum absolute atomic E-state index is 11.8. The normalized spacial score (nSPS) is 21.1. The molecule has 5 nitrogen and oxygen atoms in total. The molecule has 1 saturated carbocycles. The van der Waals surface area contributed by atoms with E-state index in [1.165, 1.54) is 0 Å². The van der Waals surface area contributed by atoms with Crippen molar-refractivity contribution in [2.45, 2.75) is 37.5 Å². The smallest absolute Gasteiger partial charge is 0.314 e. The number of hydrogen-bond donors (Lipinski definition) is 1. The van der Waals surface area contributed by atoms with Gasteiger partial charge in [-0.1, -0.05) is 25.0 Å². The molecule has 1 N–H and O–H groups in total. The van der Waals surface area contributed by atoms with E-state index >= 15 is 0 Å². The molecule has 1 amide bonds. The lowest BCUT2D eigenvalue weighted by molar-refractivity contribution is -0.143. The van der Waals surface area contributed by atoms with E-state index in [0.29, 0.717) is 25.8 Å². The molecule has 1 saturated heterocycles. The summed E-state index contributed by atoms with van der Waals surface area (Å²) in [6, 6.07) is 7.67. The Morgan fingerprint density at radius 1 is 1.29 bits per heavy atom. The highest BCUT2D eigenvalue weighted by molar-refractivity contribution is 5.83. The molecule has 0 radical (unpaired) electrons. The lowest BCUT2D eigenvalue weighted by Crippen LogP contribution is -2.36. The van der Waals surface area contributed by atoms with Gasteiger partial charge in [0.25, 0.3) is 0 Å². The second-order valence-corrected chi connectivity index (χ2v) is 5.94. The number of hydrazine groups is 1. The average Bonchev–Trinajstić information content (AvgIpc) is 3.09. The minimum atomic E-state index is -0.752. The number of anilines is 1. The summed E-state index contributed by atoms with van der Waals surface area (Å²) in [5, 5.41) is 13.2. The minimum absolute atomic E-state index is 0.0919. The molecule has 1 aromatic carbocycles. The first-order valence-electron chi connectivity index (χ1n) is 7.42. The van der Waals surface area contributed by atoms with Crippen molar-refractivity contribution in [1.82, 2.24) is 5.01 Å². The molecule has 112 valence electrons. The summed E-state index contributed by atoms with van der Waals surface area (Å²) in [6.07, 6.45) is 3.81. The molecular formula is C16H20N2O3. The number of aliphatic carboxylic acids is 1. The highest BCUT2D eigenvalue weighted by Crippen LogP contribution is 2.42. The Labute approximate surface area is 124 Å². The molecule has 0 bridgehead atoms. The van der Waals surface area contributed by atoms with E-state index in [2.05, 4.69) is 0 Å². The first-order valence-corrected chi connectivity index (χ1v) is 7.42. The maximum atomic E-state index is 11.8. The largest absolute Gasteiger partial charge is 0.481 e. The highest BCUT2D eigenvalue weighted by atomic mass is 16.4. The Balaban J connectivity index is 1.97. The fraction of sp³-hybridized carbons (Fsp3) is 0.500. The second kappa shape index (κ2) is 5.06. The Morgan fingerprint density at radius 2 is 2.00 bits per heavy atom. The SMILES string of the molecule is CN1C(=O)CCN1c1cccc(C2(C(=O)O)CCCC2)c1. The number of amides is 1. The van der Waals surface area contributed by atoms with E-state index in [9.17, 15) is 14.7 Å². The van der Waals surface area contributed by atoms with Gasteiger partial charge in [0, 0.05) is 20.0 Å². The van der Waals surface area contributed by atoms with Gasteiger partial charge in [-0.25, -0.2) is 0 Å². The van der Waals surface area contributed by atoms with Crippen molar-refractivity contribution in [3.8, 4) is 0 Å². The molecule has 0 spiro atoms. The van der Waals surface area contributed by atoms with Gasteiger partial charge in [0.05, 0.1) is 11.1 Å². The standard InChI is InChI=1S/C16H20N2O3/c1-17-14(19)7-10-18(17)13-6-4-5-12(11-13)16(15(20)21)8-2-3-9-16/h4-6,11H,2-3,7-10H2,1H3,(H,20,21). The number of carboxylic acid groups (broad SMARTS) is 1. The van der Waals surface area contributed by atoms with Crippen LogP contribution in [0.25, 0.3) is 0 Å². The first-order chi connectivity index (χ1) is 10.0. The van der Waals surface area contributed by atoms with Crippen molar-refractivity contribution >= 4 is 17.6 Å². The van der Waals surface area contributed by atoms with Crippen LogP contribution in [0.1, 0.15) is 37.7 Å². The van der Waals surface area contributed by atoms with Crippen LogP contribution in [-0.2, 0) is 15.0 Å². The summed E-state index contributed by atoms with van der Waals surface area (Å²) in [5.74, 6) is -0.641. The number of carboxylic acids is 1. The number of carbonyl (C=O) groups is 2. The van der Waals surface area contributed by atoms with Gasteiger partial charge in [-0.2, -0.15) is 0 Å². The Kier molecular flexibility index (Phi) is 3.35. The van der Waals surface area contributed by atoms with Gasteiger partial charge in [-0.3, -0.25) is 19.6 Å². The third-order valence-corrected chi connectivity index (χ3v) is 4.82. The number of nitrogens with zero attached hydrogens (tertiary/aromatic N) is 2. The van der Waals surface area contributed by atoms with Crippen molar-refractivity contribution in [2.75, 3.05) is 18.6 Å². The Bertz CT molecular complexity index is 579. The first kappa shape index (κ1) is 13.9. The fourth-order valence-electron chi connectivity index (χ4n) is 3.52. The Morgan fingerprint density at radius 3 is 2.57 bits per heavy atom. The molecular weight excluding hydrogens is 268 g/mol. The van der Waals surface area contributed by atoms with E-state index in [1.807, 2.05) is 29.3 Å². The van der Waals surface area contributed by atoms with E-state index in [4.69, 9.17) is 0 Å². The lowest BCUT2D eigenvalue weighted by Gasteiger charge is -2.29. The van der Waals surface area contributed by atoms with Gasteiger partial charge in [-0.05, 0) is 30.5 Å². The van der Waals surface area contributed by atoms with Crippen LogP contribution in [0.3, 0.4) is 0 Å². The number of carbonyl (C=O) groups excluding carboxylic acids is 1. The zero-order valence-corrected chi connectivity index (χ0v) is 12.2. The molecule has 0 unspecified atom stereocenters. The topological polar surface area (TPSA) is 60.9 Å². The third kappa shape index (κ3) is 2.17. The van der Waals surface area contributed by atoms with E-state index in [0.717, 1.165) is 24.1 Å². The van der Waals surface area contributed by atoms with E-state index in [1.54, 1.807) is 12.1 Å². The van der Waals surface area contributed by atoms with Crippen LogP contribution in [0.5, 0.6) is 0 Å². The number of benzene rings is 1. The van der Waals surface area contributed by atoms with Gasteiger partial charge in [0.15, 0.2) is 0 Å². The zero-order valence-electron chi connectivity index (χ0n) is 12.2. The third-order valence-electron chi connectivity index (χ3n) is 4.82. The van der Waals surface area contributed by atoms with Crippen molar-refractivity contribution in [1.29, 1.82) is 0 Å². The van der Waals surface area contributed by atoms with Crippen LogP contribution < -0.4 is 5.01 Å². The number of hydrogen-bond acceptors (Lipinski definition) is 3. The molecule has 1 aliphatic carbocycles. The minimum Gasteiger partial charge on any atom is -0.481 e. The van der Waals surface area contributed by atoms with Crippen molar-refractivity contribution in [2.24, 2.45) is 0 Å². The van der Waals surface area contributed by atoms with Gasteiger partial charge < -0.3 is 5.11 Å². The van der Waals surface area contributed by atoms with Crippen LogP contribution >= 0.6 is 0 Å². The van der Waals surface area contributed by atoms with Crippen LogP contribution in [0.2, 0.25) is 0 Å². The fourth-order valence-corrected chi connectivity index (χ4v) is 3.52. The van der Waals surface area contributed by atoms with Crippen LogP contribution in [-0.4, -0.2) is 35.6 Å². The molecule has 0 atom stereocenters. The molecule has 5 heteroatoms. The summed E-state index contributed by atoms with van der Waals surface area (Å²) in [4.78, 5) is 23.5. The summed E-state index contributed by atoms with van der Waals surface area (Å²) in [5.41, 5.74) is 1.00. The summed E-state index contributed by atoms with van der Waals surface area (Å²) in [7, 11) is 1.75. The van der Waals surface area contributed by atoms with Crippen molar-refractivity contribution < 1.29 is 14.7 Å². The van der Waals surface area contributed by atoms with Gasteiger partial charge >= 0.3 is 5.97 Å². The van der Waals surface area contributed by atoms with Crippen LogP contribution in [0.15, 0.2) is 24.3 Å². The Hall–Kier alpha value is -2.04. The van der Waals surface area contributed by atoms with E-state index < -0.39 is 11.4 Å². The zero-order chi connectivity index (χ0) is 15.0. The predicted octanol–water partition coefficient (Wildman–Crippen LogP) is 2.17. The average molecular weight is 288 g/mol. The van der Waals surface area contributed by atoms with Crippen molar-refractivity contribution in [3.63, 3.8) is 0 Å². The summed E-state index contributed by atoms with van der Waals surface area (Å²) >= 11 is 0. The summed E-state index contributed by atoms with van der Waals surface area (Å²) < 4.78 is 0. The highest BCUT2D eigenvalue weighted by Gasteiger charge is 2.43. The molecule has 2 aliphatic rings. The summed E-state index contributed by atoms with van der Waals surface area (Å²) in [6.45, 7) is 0.652. The van der Waals surface area contributed by atoms with Crippen molar-refractivity contribution in [3.05, 3.63) is 29.8 Å². The van der Waals surface area contributed by atoms with Crippen LogP contribution in [0, 0.1) is 0 Å². The van der Waals surface area contributed by atoms with Gasteiger partial charge in [0.2, 0.25) is 5.91 Å². The molecule has 2 fully saturated rings. The quantitative estimate of drug-likeness (QED) is 0.926.